The summed E-state index contributed by atoms with van der Waals surface area (Å²) in [5, 5.41) is 0. The maximum absolute atomic E-state index is 12.4. The molecule has 1 aromatic heterocycles. The van der Waals surface area contributed by atoms with Crippen molar-refractivity contribution in [3.8, 4) is 0 Å². The minimum absolute atomic E-state index is 0.245. The molecule has 1 heterocycles. The monoisotopic (exact) mass is 355 g/mol. The predicted octanol–water partition coefficient (Wildman–Crippen LogP) is 2.84. The Bertz CT molecular complexity index is 720. The van der Waals surface area contributed by atoms with Crippen molar-refractivity contribution in [2.24, 2.45) is 0 Å². The number of hydrogen-bond donors (Lipinski definition) is 2. The molecule has 1 aromatic carbocycles. The van der Waals surface area contributed by atoms with Crippen LogP contribution < -0.4 is 10.5 Å². The van der Waals surface area contributed by atoms with E-state index < -0.39 is 10.0 Å². The van der Waals surface area contributed by atoms with Gasteiger partial charge in [0.2, 0.25) is 0 Å². The second-order valence-corrected chi connectivity index (χ2v) is 6.89. The normalized spacial score (nSPS) is 11.3. The summed E-state index contributed by atoms with van der Waals surface area (Å²) in [4.78, 5) is 4.23. The molecule has 0 amide bonds. The second kappa shape index (κ2) is 5.41. The summed E-state index contributed by atoms with van der Waals surface area (Å²) in [6.07, 6.45) is 1.45. The minimum Gasteiger partial charge on any atom is -0.399 e. The predicted molar refractivity (Wildman–Crippen MR) is 83.1 cm³/mol. The van der Waals surface area contributed by atoms with Gasteiger partial charge in [-0.25, -0.2) is 13.4 Å². The third-order valence-electron chi connectivity index (χ3n) is 2.73. The Morgan fingerprint density at radius 3 is 2.30 bits per heavy atom. The van der Waals surface area contributed by atoms with Crippen LogP contribution in [0.2, 0.25) is 0 Å². The molecule has 106 valence electrons. The molecule has 0 aliphatic rings. The van der Waals surface area contributed by atoms with Gasteiger partial charge in [0.05, 0.1) is 16.8 Å². The zero-order chi connectivity index (χ0) is 14.9. The number of aromatic nitrogens is 1. The molecule has 3 N–H and O–H groups in total. The zero-order valence-electron chi connectivity index (χ0n) is 11.0. The molecule has 0 radical (unpaired) electrons. The molecule has 0 atom stereocenters. The molecular weight excluding hydrogens is 342 g/mol. The average Bonchev–Trinajstić information content (AvgIpc) is 2.30. The summed E-state index contributed by atoms with van der Waals surface area (Å²) in [7, 11) is -3.67. The Kier molecular flexibility index (Phi) is 4.01. The number of halogens is 1. The van der Waals surface area contributed by atoms with Crippen molar-refractivity contribution in [1.29, 1.82) is 0 Å². The van der Waals surface area contributed by atoms with Gasteiger partial charge in [0.1, 0.15) is 4.60 Å². The highest BCUT2D eigenvalue weighted by Crippen LogP contribution is 2.25. The lowest BCUT2D eigenvalue weighted by Crippen LogP contribution is -2.16. The molecule has 0 aliphatic carbocycles. The number of nitrogens with zero attached hydrogens (tertiary/aromatic N) is 1. The van der Waals surface area contributed by atoms with E-state index in [0.29, 0.717) is 27.1 Å². The number of anilines is 2. The summed E-state index contributed by atoms with van der Waals surface area (Å²) < 4.78 is 28.0. The Hall–Kier alpha value is -1.60. The van der Waals surface area contributed by atoms with E-state index in [2.05, 4.69) is 25.6 Å². The van der Waals surface area contributed by atoms with Crippen LogP contribution in [-0.4, -0.2) is 13.4 Å². The van der Waals surface area contributed by atoms with Gasteiger partial charge in [-0.2, -0.15) is 0 Å². The summed E-state index contributed by atoms with van der Waals surface area (Å²) in [5.41, 5.74) is 7.88. The number of nitrogens with one attached hydrogen (secondary N) is 1. The van der Waals surface area contributed by atoms with Gasteiger partial charge in [0.15, 0.2) is 0 Å². The van der Waals surface area contributed by atoms with E-state index in [-0.39, 0.29) is 4.90 Å². The van der Waals surface area contributed by atoms with E-state index in [4.69, 9.17) is 5.73 Å². The van der Waals surface area contributed by atoms with Crippen molar-refractivity contribution in [3.05, 3.63) is 46.2 Å². The van der Waals surface area contributed by atoms with Crippen LogP contribution in [0.3, 0.4) is 0 Å². The topological polar surface area (TPSA) is 85.1 Å². The summed E-state index contributed by atoms with van der Waals surface area (Å²) in [5.74, 6) is 0. The van der Waals surface area contributed by atoms with Gasteiger partial charge >= 0.3 is 0 Å². The quantitative estimate of drug-likeness (QED) is 0.654. The molecule has 0 saturated heterocycles. The van der Waals surface area contributed by atoms with Crippen LogP contribution in [0.1, 0.15) is 11.1 Å². The van der Waals surface area contributed by atoms with Crippen LogP contribution in [0.25, 0.3) is 0 Å². The van der Waals surface area contributed by atoms with Gasteiger partial charge in [-0.1, -0.05) is 0 Å². The fourth-order valence-electron chi connectivity index (χ4n) is 2.05. The Morgan fingerprint density at radius 2 is 1.80 bits per heavy atom. The summed E-state index contributed by atoms with van der Waals surface area (Å²) >= 11 is 3.20. The first kappa shape index (κ1) is 14.8. The molecule has 0 saturated carbocycles. The molecule has 0 bridgehead atoms. The van der Waals surface area contributed by atoms with Crippen LogP contribution in [0.5, 0.6) is 0 Å². The minimum atomic E-state index is -3.67. The zero-order valence-corrected chi connectivity index (χ0v) is 13.4. The van der Waals surface area contributed by atoms with Crippen molar-refractivity contribution in [1.82, 2.24) is 4.98 Å². The highest BCUT2D eigenvalue weighted by atomic mass is 79.9. The van der Waals surface area contributed by atoms with Crippen molar-refractivity contribution in [3.63, 3.8) is 0 Å². The summed E-state index contributed by atoms with van der Waals surface area (Å²) in [6, 6.07) is 6.58. The van der Waals surface area contributed by atoms with Gasteiger partial charge in [-0.15, -0.1) is 0 Å². The van der Waals surface area contributed by atoms with Gasteiger partial charge < -0.3 is 5.73 Å². The third-order valence-corrected chi connectivity index (χ3v) is 4.89. The fraction of sp³-hybridized carbons (Fsp3) is 0.154. The fourth-order valence-corrected chi connectivity index (χ4v) is 3.78. The Morgan fingerprint density at radius 1 is 1.20 bits per heavy atom. The summed E-state index contributed by atoms with van der Waals surface area (Å²) in [6.45, 7) is 3.44. The largest absolute Gasteiger partial charge is 0.399 e. The van der Waals surface area contributed by atoms with Gasteiger partial charge in [0, 0.05) is 5.69 Å². The lowest BCUT2D eigenvalue weighted by atomic mass is 10.1. The number of sulfonamides is 1. The first-order valence-corrected chi connectivity index (χ1v) is 8.08. The van der Waals surface area contributed by atoms with Crippen molar-refractivity contribution >= 4 is 37.3 Å². The van der Waals surface area contributed by atoms with Gasteiger partial charge in [0.25, 0.3) is 10.0 Å². The number of nitrogens with two attached hydrogens (primary N) is 1. The third kappa shape index (κ3) is 3.10. The number of rotatable bonds is 3. The molecule has 5 nitrogen and oxygen atoms in total. The van der Waals surface area contributed by atoms with Crippen LogP contribution in [0.15, 0.2) is 40.0 Å². The SMILES string of the molecule is Cc1cc(N)cc(C)c1S(=O)(=O)Nc1ccc(Br)nc1. The number of pyridine rings is 1. The lowest BCUT2D eigenvalue weighted by molar-refractivity contribution is 0.600. The number of aryl methyl sites for hydroxylation is 2. The van der Waals surface area contributed by atoms with E-state index in [0.717, 1.165) is 0 Å². The Labute approximate surface area is 126 Å². The van der Waals surface area contributed by atoms with E-state index in [9.17, 15) is 8.42 Å². The number of nitrogen functional groups attached to an aromatic ring is 1. The molecule has 7 heteroatoms. The molecule has 0 fully saturated rings. The first-order valence-electron chi connectivity index (χ1n) is 5.81. The van der Waals surface area contributed by atoms with Crippen molar-refractivity contribution in [2.45, 2.75) is 18.7 Å². The molecule has 0 spiro atoms. The smallest absolute Gasteiger partial charge is 0.262 e. The second-order valence-electron chi connectivity index (χ2n) is 4.46. The van der Waals surface area contributed by atoms with Crippen molar-refractivity contribution < 1.29 is 8.42 Å². The molecule has 0 unspecified atom stereocenters. The van der Waals surface area contributed by atoms with Gasteiger partial charge in [-0.05, 0) is 65.2 Å². The van der Waals surface area contributed by atoms with Crippen LogP contribution in [0.4, 0.5) is 11.4 Å². The maximum atomic E-state index is 12.4. The molecule has 2 aromatic rings. The number of hydrogen-bond acceptors (Lipinski definition) is 4. The Balaban J connectivity index is 2.43. The average molecular weight is 356 g/mol. The van der Waals surface area contributed by atoms with E-state index >= 15 is 0 Å². The highest BCUT2D eigenvalue weighted by molar-refractivity contribution is 9.10. The van der Waals surface area contributed by atoms with E-state index in [1.54, 1.807) is 38.1 Å². The number of benzene rings is 1. The maximum Gasteiger partial charge on any atom is 0.262 e. The molecule has 0 aliphatic heterocycles. The van der Waals surface area contributed by atoms with Crippen LogP contribution >= 0.6 is 15.9 Å². The standard InChI is InChI=1S/C13H14BrN3O2S/c1-8-5-10(15)6-9(2)13(8)20(18,19)17-11-3-4-12(14)16-7-11/h3-7,17H,15H2,1-2H3. The molecule has 20 heavy (non-hydrogen) atoms. The van der Waals surface area contributed by atoms with Crippen molar-refractivity contribution in [2.75, 3.05) is 10.5 Å². The highest BCUT2D eigenvalue weighted by Gasteiger charge is 2.20. The van der Waals surface area contributed by atoms with E-state index in [1.165, 1.54) is 6.20 Å². The van der Waals surface area contributed by atoms with E-state index in [1.807, 2.05) is 0 Å². The molecule has 2 rings (SSSR count). The van der Waals surface area contributed by atoms with Crippen LogP contribution in [-0.2, 0) is 10.0 Å². The first-order chi connectivity index (χ1) is 9.29. The van der Waals surface area contributed by atoms with Gasteiger partial charge in [-0.3, -0.25) is 4.72 Å². The molecular formula is C13H14BrN3O2S. The lowest BCUT2D eigenvalue weighted by Gasteiger charge is -2.13. The van der Waals surface area contributed by atoms with Crippen LogP contribution in [0, 0.1) is 13.8 Å².